The molecular formula is C16H23N5OS. The summed E-state index contributed by atoms with van der Waals surface area (Å²) < 4.78 is 5.05. The zero-order valence-electron chi connectivity index (χ0n) is 13.8. The summed E-state index contributed by atoms with van der Waals surface area (Å²) in [5, 5.41) is 9.78. The van der Waals surface area contributed by atoms with E-state index in [0.29, 0.717) is 12.4 Å². The number of pyridine rings is 1. The smallest absolute Gasteiger partial charge is 0.212 e. The second kappa shape index (κ2) is 9.09. The molecule has 0 aliphatic carbocycles. The number of aliphatic imine (C=N–C) groups is 1. The average molecular weight is 333 g/mol. The Kier molecular flexibility index (Phi) is 6.80. The van der Waals surface area contributed by atoms with Crippen molar-refractivity contribution in [3.63, 3.8) is 0 Å². The lowest BCUT2D eigenvalue weighted by molar-refractivity contribution is 0.397. The van der Waals surface area contributed by atoms with Crippen LogP contribution in [0.15, 0.2) is 28.7 Å². The molecule has 2 aromatic heterocycles. The van der Waals surface area contributed by atoms with Crippen LogP contribution in [0, 0.1) is 6.92 Å². The zero-order chi connectivity index (χ0) is 16.5. The zero-order valence-corrected chi connectivity index (χ0v) is 14.6. The van der Waals surface area contributed by atoms with E-state index in [2.05, 4.69) is 37.9 Å². The molecule has 7 heteroatoms. The number of aromatic nitrogens is 2. The van der Waals surface area contributed by atoms with Gasteiger partial charge in [-0.05, 0) is 19.4 Å². The van der Waals surface area contributed by atoms with Gasteiger partial charge in [0.2, 0.25) is 5.88 Å². The molecule has 0 saturated heterocycles. The van der Waals surface area contributed by atoms with Gasteiger partial charge in [-0.15, -0.1) is 11.3 Å². The second-order valence-electron chi connectivity index (χ2n) is 4.94. The fraction of sp³-hybridized carbons (Fsp3) is 0.438. The van der Waals surface area contributed by atoms with Gasteiger partial charge in [0.05, 0.1) is 24.4 Å². The Hall–Kier alpha value is -2.15. The molecule has 0 aromatic carbocycles. The summed E-state index contributed by atoms with van der Waals surface area (Å²) in [5.41, 5.74) is 2.16. The topological polar surface area (TPSA) is 71.4 Å². The third-order valence-electron chi connectivity index (χ3n) is 3.11. The molecule has 0 aliphatic heterocycles. The van der Waals surface area contributed by atoms with Gasteiger partial charge in [-0.2, -0.15) is 0 Å². The summed E-state index contributed by atoms with van der Waals surface area (Å²) in [7, 11) is 1.61. The van der Waals surface area contributed by atoms with Gasteiger partial charge in [-0.1, -0.05) is 6.07 Å². The Labute approximate surface area is 141 Å². The van der Waals surface area contributed by atoms with Crippen molar-refractivity contribution in [3.05, 3.63) is 40.0 Å². The molecule has 2 rings (SSSR count). The van der Waals surface area contributed by atoms with Crippen molar-refractivity contribution in [1.29, 1.82) is 0 Å². The van der Waals surface area contributed by atoms with Crippen molar-refractivity contribution in [2.45, 2.75) is 26.8 Å². The van der Waals surface area contributed by atoms with Crippen LogP contribution < -0.4 is 15.4 Å². The molecule has 2 aromatic rings. The molecule has 6 nitrogen and oxygen atoms in total. The van der Waals surface area contributed by atoms with Crippen molar-refractivity contribution < 1.29 is 4.74 Å². The van der Waals surface area contributed by atoms with Crippen molar-refractivity contribution >= 4 is 17.3 Å². The lowest BCUT2D eigenvalue weighted by Crippen LogP contribution is -2.38. The van der Waals surface area contributed by atoms with Gasteiger partial charge in [-0.3, -0.25) is 0 Å². The van der Waals surface area contributed by atoms with Crippen LogP contribution >= 0.6 is 11.3 Å². The molecule has 0 atom stereocenters. The van der Waals surface area contributed by atoms with Crippen molar-refractivity contribution in [1.82, 2.24) is 20.6 Å². The van der Waals surface area contributed by atoms with E-state index in [1.165, 1.54) is 0 Å². The maximum absolute atomic E-state index is 5.05. The Morgan fingerprint density at radius 2 is 2.22 bits per heavy atom. The summed E-state index contributed by atoms with van der Waals surface area (Å²) >= 11 is 1.68. The highest BCUT2D eigenvalue weighted by atomic mass is 32.1. The Morgan fingerprint density at radius 3 is 2.83 bits per heavy atom. The Balaban J connectivity index is 1.85. The van der Waals surface area contributed by atoms with Crippen LogP contribution in [0.3, 0.4) is 0 Å². The molecule has 124 valence electrons. The fourth-order valence-electron chi connectivity index (χ4n) is 1.97. The van der Waals surface area contributed by atoms with Gasteiger partial charge in [0, 0.05) is 37.2 Å². The number of hydrogen-bond donors (Lipinski definition) is 2. The highest BCUT2D eigenvalue weighted by Crippen LogP contribution is 2.08. The highest BCUT2D eigenvalue weighted by Gasteiger charge is 2.01. The quantitative estimate of drug-likeness (QED) is 0.600. The van der Waals surface area contributed by atoms with Crippen molar-refractivity contribution in [2.75, 3.05) is 20.2 Å². The molecule has 23 heavy (non-hydrogen) atoms. The number of nitrogens with zero attached hydrogens (tertiary/aromatic N) is 3. The number of thiazole rings is 1. The minimum absolute atomic E-state index is 0.572. The van der Waals surface area contributed by atoms with Gasteiger partial charge in [0.15, 0.2) is 5.96 Å². The normalized spacial score (nSPS) is 11.3. The highest BCUT2D eigenvalue weighted by molar-refractivity contribution is 7.09. The largest absolute Gasteiger partial charge is 0.481 e. The minimum atomic E-state index is 0.572. The maximum atomic E-state index is 5.05. The molecule has 0 bridgehead atoms. The molecule has 2 heterocycles. The van der Waals surface area contributed by atoms with Gasteiger partial charge in [-0.25, -0.2) is 15.0 Å². The van der Waals surface area contributed by atoms with Gasteiger partial charge >= 0.3 is 0 Å². The number of methoxy groups -OCH3 is 1. The van der Waals surface area contributed by atoms with Crippen LogP contribution in [0.4, 0.5) is 0 Å². The lowest BCUT2D eigenvalue weighted by atomic mass is 10.3. The molecule has 0 spiro atoms. The number of aryl methyl sites for hydroxylation is 1. The molecule has 0 fully saturated rings. The summed E-state index contributed by atoms with van der Waals surface area (Å²) in [6.45, 7) is 6.27. The average Bonchev–Trinajstić information content (AvgIpc) is 2.98. The maximum Gasteiger partial charge on any atom is 0.212 e. The van der Waals surface area contributed by atoms with Crippen LogP contribution in [-0.4, -0.2) is 36.1 Å². The van der Waals surface area contributed by atoms with E-state index in [-0.39, 0.29) is 0 Å². The van der Waals surface area contributed by atoms with Crippen LogP contribution in [0.5, 0.6) is 5.88 Å². The van der Waals surface area contributed by atoms with Crippen molar-refractivity contribution in [3.8, 4) is 5.88 Å². The molecule has 0 amide bonds. The van der Waals surface area contributed by atoms with Crippen LogP contribution in [-0.2, 0) is 13.0 Å². The predicted molar refractivity (Wildman–Crippen MR) is 94.2 cm³/mol. The van der Waals surface area contributed by atoms with Gasteiger partial charge < -0.3 is 15.4 Å². The third-order valence-corrected chi connectivity index (χ3v) is 3.93. The summed E-state index contributed by atoms with van der Waals surface area (Å²) in [5.74, 6) is 1.41. The van der Waals surface area contributed by atoms with Gasteiger partial charge in [0.25, 0.3) is 0 Å². The first-order chi connectivity index (χ1) is 11.2. The standard InChI is InChI=1S/C16H23N5OS/c1-4-17-16(18-8-7-14-11-23-12(2)21-14)20-10-13-5-6-15(22-3)19-9-13/h5-6,9,11H,4,7-8,10H2,1-3H3,(H2,17,18,20). The van der Waals surface area contributed by atoms with E-state index >= 15 is 0 Å². The first kappa shape index (κ1) is 17.2. The molecule has 0 saturated carbocycles. The number of guanidine groups is 1. The van der Waals surface area contributed by atoms with E-state index in [1.54, 1.807) is 24.6 Å². The monoisotopic (exact) mass is 333 g/mol. The van der Waals surface area contributed by atoms with E-state index in [0.717, 1.165) is 41.7 Å². The number of rotatable bonds is 7. The number of ether oxygens (including phenoxy) is 1. The van der Waals surface area contributed by atoms with Crippen LogP contribution in [0.1, 0.15) is 23.2 Å². The Morgan fingerprint density at radius 1 is 1.35 bits per heavy atom. The number of hydrogen-bond acceptors (Lipinski definition) is 5. The Bertz CT molecular complexity index is 624. The second-order valence-corrected chi connectivity index (χ2v) is 6.00. The third kappa shape index (κ3) is 5.86. The molecule has 2 N–H and O–H groups in total. The number of nitrogens with one attached hydrogen (secondary N) is 2. The van der Waals surface area contributed by atoms with Crippen LogP contribution in [0.2, 0.25) is 0 Å². The SMILES string of the molecule is CCNC(=NCc1ccc(OC)nc1)NCCc1csc(C)n1. The van der Waals surface area contributed by atoms with E-state index in [1.807, 2.05) is 19.1 Å². The summed E-state index contributed by atoms with van der Waals surface area (Å²) in [4.78, 5) is 13.2. The van der Waals surface area contributed by atoms with E-state index < -0.39 is 0 Å². The van der Waals surface area contributed by atoms with Crippen molar-refractivity contribution in [2.24, 2.45) is 4.99 Å². The first-order valence-electron chi connectivity index (χ1n) is 7.63. The minimum Gasteiger partial charge on any atom is -0.481 e. The summed E-state index contributed by atoms with van der Waals surface area (Å²) in [6.07, 6.45) is 2.67. The fourth-order valence-corrected chi connectivity index (χ4v) is 2.62. The molecule has 0 radical (unpaired) electrons. The van der Waals surface area contributed by atoms with E-state index in [9.17, 15) is 0 Å². The molecular weight excluding hydrogens is 310 g/mol. The van der Waals surface area contributed by atoms with Gasteiger partial charge in [0.1, 0.15) is 0 Å². The van der Waals surface area contributed by atoms with E-state index in [4.69, 9.17) is 4.74 Å². The predicted octanol–water partition coefficient (Wildman–Crippen LogP) is 2.15. The first-order valence-corrected chi connectivity index (χ1v) is 8.51. The summed E-state index contributed by atoms with van der Waals surface area (Å²) in [6, 6.07) is 3.81. The molecule has 0 unspecified atom stereocenters. The van der Waals surface area contributed by atoms with Crippen LogP contribution in [0.25, 0.3) is 0 Å². The lowest BCUT2D eigenvalue weighted by Gasteiger charge is -2.10. The molecule has 0 aliphatic rings.